The average molecular weight is 330 g/mol. The van der Waals surface area contributed by atoms with E-state index in [1.165, 1.54) is 6.39 Å². The maximum Gasteiger partial charge on any atom is 0.276 e. The summed E-state index contributed by atoms with van der Waals surface area (Å²) >= 11 is 0. The summed E-state index contributed by atoms with van der Waals surface area (Å²) < 4.78 is 13.2. The molecular weight excluding hydrogens is 308 g/mol. The van der Waals surface area contributed by atoms with E-state index in [0.29, 0.717) is 37.9 Å². The molecule has 1 aliphatic carbocycles. The minimum absolute atomic E-state index is 0.0488. The van der Waals surface area contributed by atoms with Crippen LogP contribution in [-0.4, -0.2) is 51.4 Å². The van der Waals surface area contributed by atoms with Gasteiger partial charge in [-0.1, -0.05) is 0 Å². The Morgan fingerprint density at radius 3 is 2.92 bits per heavy atom. The Bertz CT molecular complexity index is 747. The highest BCUT2D eigenvalue weighted by Gasteiger charge is 2.35. The quantitative estimate of drug-likeness (QED) is 0.856. The van der Waals surface area contributed by atoms with Gasteiger partial charge in [-0.15, -0.1) is 0 Å². The van der Waals surface area contributed by atoms with Gasteiger partial charge in [0.2, 0.25) is 0 Å². The standard InChI is InChI=1S/C17H22N4O3/c1-11-7-12(2)21(19-11)9-14-8-20(5-6-23-14)17(22)15-16(13-3-4-13)24-10-18-15/h7,10,13-14H,3-6,8-9H2,1-2H3. The highest BCUT2D eigenvalue weighted by molar-refractivity contribution is 5.93. The van der Waals surface area contributed by atoms with Gasteiger partial charge in [0.15, 0.2) is 12.1 Å². The van der Waals surface area contributed by atoms with Crippen molar-refractivity contribution in [1.29, 1.82) is 0 Å². The van der Waals surface area contributed by atoms with Gasteiger partial charge in [-0.2, -0.15) is 5.10 Å². The van der Waals surface area contributed by atoms with Crippen LogP contribution in [0.4, 0.5) is 0 Å². The summed E-state index contributed by atoms with van der Waals surface area (Å²) in [7, 11) is 0. The van der Waals surface area contributed by atoms with E-state index in [9.17, 15) is 4.79 Å². The van der Waals surface area contributed by atoms with Crippen LogP contribution in [0.25, 0.3) is 0 Å². The number of aryl methyl sites for hydroxylation is 2. The van der Waals surface area contributed by atoms with Gasteiger partial charge >= 0.3 is 0 Å². The number of ether oxygens (including phenoxy) is 1. The van der Waals surface area contributed by atoms with Crippen LogP contribution in [0.3, 0.4) is 0 Å². The fourth-order valence-corrected chi connectivity index (χ4v) is 3.27. The number of hydrogen-bond acceptors (Lipinski definition) is 5. The van der Waals surface area contributed by atoms with Crippen LogP contribution >= 0.6 is 0 Å². The molecule has 2 fully saturated rings. The molecule has 0 radical (unpaired) electrons. The van der Waals surface area contributed by atoms with Crippen molar-refractivity contribution in [2.45, 2.75) is 45.3 Å². The molecule has 7 nitrogen and oxygen atoms in total. The maximum atomic E-state index is 12.8. The van der Waals surface area contributed by atoms with Crippen molar-refractivity contribution in [1.82, 2.24) is 19.7 Å². The monoisotopic (exact) mass is 330 g/mol. The molecule has 2 aromatic heterocycles. The molecule has 0 aromatic carbocycles. The Morgan fingerprint density at radius 1 is 1.38 bits per heavy atom. The van der Waals surface area contributed by atoms with Crippen LogP contribution in [0.15, 0.2) is 16.9 Å². The van der Waals surface area contributed by atoms with Gasteiger partial charge in [0, 0.05) is 24.7 Å². The Labute approximate surface area is 140 Å². The van der Waals surface area contributed by atoms with E-state index in [1.54, 1.807) is 0 Å². The number of rotatable bonds is 4. The van der Waals surface area contributed by atoms with E-state index in [-0.39, 0.29) is 12.0 Å². The van der Waals surface area contributed by atoms with Gasteiger partial charge in [0.05, 0.1) is 24.9 Å². The van der Waals surface area contributed by atoms with Gasteiger partial charge in [0.1, 0.15) is 5.76 Å². The predicted octanol–water partition coefficient (Wildman–Crippen LogP) is 1.91. The molecule has 0 bridgehead atoms. The van der Waals surface area contributed by atoms with Crippen molar-refractivity contribution in [3.63, 3.8) is 0 Å². The molecule has 2 aliphatic rings. The number of oxazole rings is 1. The fourth-order valence-electron chi connectivity index (χ4n) is 3.27. The molecule has 1 aliphatic heterocycles. The molecule has 3 heterocycles. The van der Waals surface area contributed by atoms with E-state index < -0.39 is 0 Å². The molecule has 24 heavy (non-hydrogen) atoms. The van der Waals surface area contributed by atoms with Crippen molar-refractivity contribution in [3.05, 3.63) is 35.3 Å². The fraction of sp³-hybridized carbons (Fsp3) is 0.588. The molecule has 2 aromatic rings. The highest BCUT2D eigenvalue weighted by atomic mass is 16.5. The molecule has 4 rings (SSSR count). The van der Waals surface area contributed by atoms with E-state index in [0.717, 1.165) is 30.0 Å². The average Bonchev–Trinajstić information content (AvgIpc) is 3.21. The van der Waals surface area contributed by atoms with E-state index >= 15 is 0 Å². The van der Waals surface area contributed by atoms with E-state index in [2.05, 4.69) is 10.1 Å². The zero-order chi connectivity index (χ0) is 16.7. The maximum absolute atomic E-state index is 12.8. The summed E-state index contributed by atoms with van der Waals surface area (Å²) in [6.45, 7) is 6.33. The molecule has 1 unspecified atom stereocenters. The zero-order valence-electron chi connectivity index (χ0n) is 14.1. The molecule has 0 spiro atoms. The van der Waals surface area contributed by atoms with Crippen LogP contribution in [0, 0.1) is 13.8 Å². The summed E-state index contributed by atoms with van der Waals surface area (Å²) in [5.41, 5.74) is 2.57. The Kier molecular flexibility index (Phi) is 3.88. The largest absolute Gasteiger partial charge is 0.447 e. The second-order valence-electron chi connectivity index (χ2n) is 6.69. The zero-order valence-corrected chi connectivity index (χ0v) is 14.1. The number of hydrogen-bond donors (Lipinski definition) is 0. The van der Waals surface area contributed by atoms with Gasteiger partial charge in [-0.25, -0.2) is 4.98 Å². The summed E-state index contributed by atoms with van der Waals surface area (Å²) in [6.07, 6.45) is 3.49. The second-order valence-corrected chi connectivity index (χ2v) is 6.69. The van der Waals surface area contributed by atoms with Crippen LogP contribution in [0.5, 0.6) is 0 Å². The van der Waals surface area contributed by atoms with Gasteiger partial charge < -0.3 is 14.1 Å². The van der Waals surface area contributed by atoms with Gasteiger partial charge in [-0.3, -0.25) is 9.48 Å². The lowest BCUT2D eigenvalue weighted by molar-refractivity contribution is -0.0304. The van der Waals surface area contributed by atoms with Gasteiger partial charge in [0.25, 0.3) is 5.91 Å². The first-order valence-electron chi connectivity index (χ1n) is 8.47. The molecule has 0 N–H and O–H groups in total. The van der Waals surface area contributed by atoms with Crippen molar-refractivity contribution in [2.75, 3.05) is 19.7 Å². The van der Waals surface area contributed by atoms with E-state index in [1.807, 2.05) is 29.5 Å². The van der Waals surface area contributed by atoms with Crippen molar-refractivity contribution >= 4 is 5.91 Å². The highest BCUT2D eigenvalue weighted by Crippen LogP contribution is 2.41. The predicted molar refractivity (Wildman–Crippen MR) is 85.8 cm³/mol. The van der Waals surface area contributed by atoms with Crippen molar-refractivity contribution in [3.8, 4) is 0 Å². The molecule has 128 valence electrons. The Hall–Kier alpha value is -2.15. The molecule has 7 heteroatoms. The first-order chi connectivity index (χ1) is 11.6. The van der Waals surface area contributed by atoms with Crippen LogP contribution in [0.2, 0.25) is 0 Å². The number of nitrogens with zero attached hydrogens (tertiary/aromatic N) is 4. The Morgan fingerprint density at radius 2 is 2.21 bits per heavy atom. The SMILES string of the molecule is Cc1cc(C)n(CC2CN(C(=O)c3ncoc3C3CC3)CCO2)n1. The molecule has 1 atom stereocenters. The third-order valence-corrected chi connectivity index (χ3v) is 4.65. The normalized spacial score (nSPS) is 21.2. The minimum Gasteiger partial charge on any atom is -0.447 e. The second kappa shape index (κ2) is 6.05. The first kappa shape index (κ1) is 15.4. The molecule has 1 saturated carbocycles. The summed E-state index contributed by atoms with van der Waals surface area (Å²) in [4.78, 5) is 18.8. The van der Waals surface area contributed by atoms with Crippen LogP contribution in [0.1, 0.15) is 46.4 Å². The third kappa shape index (κ3) is 2.96. The van der Waals surface area contributed by atoms with Gasteiger partial charge in [-0.05, 0) is 32.8 Å². The lowest BCUT2D eigenvalue weighted by atomic mass is 10.2. The third-order valence-electron chi connectivity index (χ3n) is 4.65. The topological polar surface area (TPSA) is 73.4 Å². The lowest BCUT2D eigenvalue weighted by Crippen LogP contribution is -2.47. The van der Waals surface area contributed by atoms with E-state index in [4.69, 9.17) is 9.15 Å². The summed E-state index contributed by atoms with van der Waals surface area (Å²) in [5.74, 6) is 1.08. The molecular formula is C17H22N4O3. The molecule has 1 amide bonds. The van der Waals surface area contributed by atoms with Crippen molar-refractivity contribution in [2.24, 2.45) is 0 Å². The lowest BCUT2D eigenvalue weighted by Gasteiger charge is -2.32. The number of morpholine rings is 1. The number of carbonyl (C=O) groups excluding carboxylic acids is 1. The smallest absolute Gasteiger partial charge is 0.276 e. The Balaban J connectivity index is 1.45. The number of carbonyl (C=O) groups is 1. The minimum atomic E-state index is -0.0584. The van der Waals surface area contributed by atoms with Crippen molar-refractivity contribution < 1.29 is 13.9 Å². The summed E-state index contributed by atoms with van der Waals surface area (Å²) in [5, 5.41) is 4.48. The number of amides is 1. The number of aromatic nitrogens is 3. The van der Waals surface area contributed by atoms with Crippen LogP contribution in [-0.2, 0) is 11.3 Å². The molecule has 1 saturated heterocycles. The summed E-state index contributed by atoms with van der Waals surface area (Å²) in [6, 6.07) is 2.04. The van der Waals surface area contributed by atoms with Crippen LogP contribution < -0.4 is 0 Å². The first-order valence-corrected chi connectivity index (χ1v) is 8.47.